The predicted octanol–water partition coefficient (Wildman–Crippen LogP) is 3.92. The van der Waals surface area contributed by atoms with E-state index in [9.17, 15) is 4.79 Å². The highest BCUT2D eigenvalue weighted by Crippen LogP contribution is 2.23. The summed E-state index contributed by atoms with van der Waals surface area (Å²) < 4.78 is 1.22. The van der Waals surface area contributed by atoms with Gasteiger partial charge >= 0.3 is 0 Å². The fraction of sp³-hybridized carbons (Fsp3) is 0.154. The second-order valence-electron chi connectivity index (χ2n) is 3.80. The van der Waals surface area contributed by atoms with E-state index < -0.39 is 0 Å². The molecule has 0 fully saturated rings. The molecule has 0 unspecified atom stereocenters. The van der Waals surface area contributed by atoms with E-state index >= 15 is 0 Å². The number of benzene rings is 1. The topological polar surface area (TPSA) is 41.1 Å². The van der Waals surface area contributed by atoms with E-state index in [1.165, 1.54) is 10.5 Å². The fourth-order valence-corrected chi connectivity index (χ4v) is 2.66. The largest absolute Gasteiger partial charge is 0.380 e. The normalized spacial score (nSPS) is 10.1. The van der Waals surface area contributed by atoms with Crippen LogP contribution in [0.5, 0.6) is 0 Å². The molecule has 3 nitrogen and oxygen atoms in total. The van der Waals surface area contributed by atoms with Crippen LogP contribution in [0.1, 0.15) is 11.8 Å². The van der Waals surface area contributed by atoms with Crippen LogP contribution in [0.15, 0.2) is 35.7 Å². The molecule has 0 atom stereocenters. The smallest absolute Gasteiger partial charge is 0.221 e. The van der Waals surface area contributed by atoms with Gasteiger partial charge in [0.05, 0.1) is 12.2 Å². The molecule has 0 aliphatic rings. The first-order valence-electron chi connectivity index (χ1n) is 5.48. The molecule has 5 heteroatoms. The van der Waals surface area contributed by atoms with Gasteiger partial charge in [0.15, 0.2) is 0 Å². The highest BCUT2D eigenvalue weighted by atomic mass is 127. The summed E-state index contributed by atoms with van der Waals surface area (Å²) >= 11 is 3.92. The average molecular weight is 372 g/mol. The molecule has 2 aromatic rings. The molecule has 1 heterocycles. The third-order valence-electron chi connectivity index (χ3n) is 2.35. The molecule has 0 saturated carbocycles. The Kier molecular flexibility index (Phi) is 4.60. The van der Waals surface area contributed by atoms with Crippen molar-refractivity contribution in [3.05, 3.63) is 44.2 Å². The maximum Gasteiger partial charge on any atom is 0.221 e. The number of amides is 1. The lowest BCUT2D eigenvalue weighted by molar-refractivity contribution is -0.114. The van der Waals surface area contributed by atoms with E-state index in [0.717, 1.165) is 16.3 Å². The molecular formula is C13H13IN2OS. The molecule has 94 valence electrons. The third-order valence-corrected chi connectivity index (χ3v) is 3.99. The van der Waals surface area contributed by atoms with Crippen LogP contribution in [-0.4, -0.2) is 5.91 Å². The Morgan fingerprint density at radius 1 is 1.28 bits per heavy atom. The van der Waals surface area contributed by atoms with E-state index in [2.05, 4.69) is 45.4 Å². The zero-order valence-electron chi connectivity index (χ0n) is 9.87. The van der Waals surface area contributed by atoms with E-state index in [4.69, 9.17) is 0 Å². The number of carbonyl (C=O) groups is 1. The summed E-state index contributed by atoms with van der Waals surface area (Å²) in [4.78, 5) is 12.2. The van der Waals surface area contributed by atoms with Gasteiger partial charge in [0.2, 0.25) is 5.91 Å². The fourth-order valence-electron chi connectivity index (χ4n) is 1.53. The molecule has 0 radical (unpaired) electrons. The Balaban J connectivity index is 1.99. The minimum atomic E-state index is -0.0380. The molecule has 2 N–H and O–H groups in total. The second-order valence-corrected chi connectivity index (χ2v) is 6.05. The summed E-state index contributed by atoms with van der Waals surface area (Å²) in [6.45, 7) is 2.24. The Labute approximate surface area is 124 Å². The molecule has 1 aromatic heterocycles. The highest BCUT2D eigenvalue weighted by molar-refractivity contribution is 14.1. The quantitative estimate of drug-likeness (QED) is 0.799. The van der Waals surface area contributed by atoms with Crippen LogP contribution >= 0.6 is 33.9 Å². The molecule has 1 amide bonds. The molecule has 2 rings (SSSR count). The van der Waals surface area contributed by atoms with Gasteiger partial charge in [-0.05, 0) is 58.3 Å². The number of halogens is 1. The van der Waals surface area contributed by atoms with Crippen LogP contribution in [0.25, 0.3) is 0 Å². The summed E-state index contributed by atoms with van der Waals surface area (Å²) in [6.07, 6.45) is 0. The van der Waals surface area contributed by atoms with Gasteiger partial charge in [-0.25, -0.2) is 0 Å². The second kappa shape index (κ2) is 6.19. The minimum Gasteiger partial charge on any atom is -0.380 e. The maximum absolute atomic E-state index is 11.0. The number of hydrogen-bond donors (Lipinski definition) is 2. The van der Waals surface area contributed by atoms with Crippen LogP contribution in [0.4, 0.5) is 11.4 Å². The van der Waals surface area contributed by atoms with Crippen LogP contribution < -0.4 is 10.6 Å². The van der Waals surface area contributed by atoms with Crippen molar-refractivity contribution >= 4 is 51.2 Å². The molecule has 0 saturated heterocycles. The zero-order valence-corrected chi connectivity index (χ0v) is 12.8. The number of thiophene rings is 1. The van der Waals surface area contributed by atoms with Crippen molar-refractivity contribution in [2.75, 3.05) is 10.6 Å². The van der Waals surface area contributed by atoms with Gasteiger partial charge in [-0.15, -0.1) is 11.3 Å². The van der Waals surface area contributed by atoms with E-state index in [0.29, 0.717) is 6.54 Å². The highest BCUT2D eigenvalue weighted by Gasteiger charge is 2.05. The van der Waals surface area contributed by atoms with Gasteiger partial charge in [-0.1, -0.05) is 0 Å². The first-order valence-corrected chi connectivity index (χ1v) is 7.44. The van der Waals surface area contributed by atoms with Crippen LogP contribution in [-0.2, 0) is 11.3 Å². The number of rotatable bonds is 4. The molecule has 0 aliphatic heterocycles. The number of carbonyl (C=O) groups excluding carboxylic acids is 1. The van der Waals surface area contributed by atoms with Crippen molar-refractivity contribution in [1.29, 1.82) is 0 Å². The summed E-state index contributed by atoms with van der Waals surface area (Å²) in [7, 11) is 0. The number of hydrogen-bond acceptors (Lipinski definition) is 3. The van der Waals surface area contributed by atoms with Crippen LogP contribution in [0.3, 0.4) is 0 Å². The minimum absolute atomic E-state index is 0.0380. The molecule has 1 aromatic carbocycles. The van der Waals surface area contributed by atoms with Crippen molar-refractivity contribution in [3.8, 4) is 0 Å². The molecular weight excluding hydrogens is 359 g/mol. The molecule has 0 aliphatic carbocycles. The van der Waals surface area contributed by atoms with E-state index in [-0.39, 0.29) is 5.91 Å². The van der Waals surface area contributed by atoms with Gasteiger partial charge in [-0.2, -0.15) is 0 Å². The first kappa shape index (κ1) is 13.4. The summed E-state index contributed by atoms with van der Waals surface area (Å²) in [6, 6.07) is 10.1. The average Bonchev–Trinajstić information content (AvgIpc) is 2.75. The van der Waals surface area contributed by atoms with Crippen LogP contribution in [0, 0.1) is 3.57 Å². The molecule has 0 bridgehead atoms. The van der Waals surface area contributed by atoms with Gasteiger partial charge in [0.25, 0.3) is 0 Å². The lowest BCUT2D eigenvalue weighted by atomic mass is 10.3. The Hall–Kier alpha value is -1.08. The Morgan fingerprint density at radius 2 is 2.00 bits per heavy atom. The Morgan fingerprint density at radius 3 is 2.67 bits per heavy atom. The monoisotopic (exact) mass is 372 g/mol. The summed E-state index contributed by atoms with van der Waals surface area (Å²) in [5.74, 6) is -0.0380. The maximum atomic E-state index is 11.0. The summed E-state index contributed by atoms with van der Waals surface area (Å²) in [5, 5.41) is 8.16. The predicted molar refractivity (Wildman–Crippen MR) is 85.1 cm³/mol. The summed E-state index contributed by atoms with van der Waals surface area (Å²) in [5.41, 5.74) is 1.98. The van der Waals surface area contributed by atoms with Crippen molar-refractivity contribution in [3.63, 3.8) is 0 Å². The number of nitrogens with one attached hydrogen (secondary N) is 2. The van der Waals surface area contributed by atoms with Crippen LogP contribution in [0.2, 0.25) is 0 Å². The van der Waals surface area contributed by atoms with Crippen molar-refractivity contribution < 1.29 is 4.79 Å². The molecule has 18 heavy (non-hydrogen) atoms. The SMILES string of the molecule is CC(=O)Nc1ccsc1CNc1ccc(I)cc1. The zero-order chi connectivity index (χ0) is 13.0. The van der Waals surface area contributed by atoms with Crippen molar-refractivity contribution in [2.45, 2.75) is 13.5 Å². The van der Waals surface area contributed by atoms with Gasteiger partial charge < -0.3 is 10.6 Å². The standard InChI is InChI=1S/C13H13IN2OS/c1-9(17)16-12-6-7-18-13(12)8-15-11-4-2-10(14)3-5-11/h2-7,15H,8H2,1H3,(H,16,17). The lowest BCUT2D eigenvalue weighted by Gasteiger charge is -2.07. The third kappa shape index (κ3) is 3.71. The van der Waals surface area contributed by atoms with Crippen molar-refractivity contribution in [2.24, 2.45) is 0 Å². The number of anilines is 2. The lowest BCUT2D eigenvalue weighted by Crippen LogP contribution is -2.08. The Bertz CT molecular complexity index is 536. The van der Waals surface area contributed by atoms with Gasteiger partial charge in [0, 0.05) is 21.1 Å². The van der Waals surface area contributed by atoms with Crippen molar-refractivity contribution in [1.82, 2.24) is 0 Å². The van der Waals surface area contributed by atoms with E-state index in [1.807, 2.05) is 23.6 Å². The molecule has 0 spiro atoms. The van der Waals surface area contributed by atoms with Gasteiger partial charge in [-0.3, -0.25) is 4.79 Å². The van der Waals surface area contributed by atoms with Gasteiger partial charge in [0.1, 0.15) is 0 Å². The first-order chi connectivity index (χ1) is 8.65. The van der Waals surface area contributed by atoms with E-state index in [1.54, 1.807) is 11.3 Å².